The molecule has 0 unspecified atom stereocenters. The van der Waals surface area contributed by atoms with Crippen LogP contribution >= 0.6 is 11.3 Å². The lowest BCUT2D eigenvalue weighted by molar-refractivity contribution is 0.0645. The van der Waals surface area contributed by atoms with Crippen LogP contribution < -0.4 is 5.32 Å². The van der Waals surface area contributed by atoms with Gasteiger partial charge in [0.15, 0.2) is 0 Å². The second kappa shape index (κ2) is 4.58. The summed E-state index contributed by atoms with van der Waals surface area (Å²) in [5.74, 6) is -0.484. The van der Waals surface area contributed by atoms with Gasteiger partial charge < -0.3 is 10.4 Å². The van der Waals surface area contributed by atoms with Gasteiger partial charge in [-0.3, -0.25) is 4.79 Å². The van der Waals surface area contributed by atoms with Crippen LogP contribution in [0, 0.1) is 5.82 Å². The summed E-state index contributed by atoms with van der Waals surface area (Å²) in [5.41, 5.74) is -0.446. The largest absolute Gasteiger partial charge is 0.394 e. The van der Waals surface area contributed by atoms with E-state index in [0.29, 0.717) is 4.88 Å². The molecule has 3 rings (SSSR count). The quantitative estimate of drug-likeness (QED) is 0.907. The zero-order chi connectivity index (χ0) is 13.5. The minimum atomic E-state index is -0.446. The van der Waals surface area contributed by atoms with Crippen LogP contribution in [0.4, 0.5) is 4.39 Å². The maximum Gasteiger partial charge on any atom is 0.261 e. The number of carbonyl (C=O) groups excluding carboxylic acids is 1. The van der Waals surface area contributed by atoms with E-state index in [0.717, 1.165) is 29.3 Å². The molecule has 0 aliphatic heterocycles. The van der Waals surface area contributed by atoms with Crippen LogP contribution in [0.2, 0.25) is 0 Å². The number of halogens is 1. The molecule has 1 aromatic carbocycles. The standard InChI is InChI=1S/C14H14FNO2S/c15-10-3-2-9-6-12(19-11(9)7-10)13(18)16-14(8-17)4-1-5-14/h2-3,6-7,17H,1,4-5,8H2,(H,16,18). The van der Waals surface area contributed by atoms with E-state index in [-0.39, 0.29) is 18.3 Å². The number of hydrogen-bond acceptors (Lipinski definition) is 3. The fourth-order valence-electron chi connectivity index (χ4n) is 2.35. The van der Waals surface area contributed by atoms with Gasteiger partial charge in [-0.05, 0) is 42.8 Å². The highest BCUT2D eigenvalue weighted by Crippen LogP contribution is 2.32. The molecule has 0 atom stereocenters. The average Bonchev–Trinajstić information content (AvgIpc) is 2.76. The van der Waals surface area contributed by atoms with Gasteiger partial charge in [-0.25, -0.2) is 4.39 Å². The zero-order valence-electron chi connectivity index (χ0n) is 10.3. The van der Waals surface area contributed by atoms with Crippen LogP contribution in [-0.2, 0) is 0 Å². The monoisotopic (exact) mass is 279 g/mol. The highest BCUT2D eigenvalue weighted by molar-refractivity contribution is 7.20. The third-order valence-electron chi connectivity index (χ3n) is 3.70. The molecular formula is C14H14FNO2S. The van der Waals surface area contributed by atoms with Gasteiger partial charge in [0.2, 0.25) is 0 Å². The minimum absolute atomic E-state index is 0.0295. The van der Waals surface area contributed by atoms with Crippen LogP contribution in [-0.4, -0.2) is 23.2 Å². The van der Waals surface area contributed by atoms with Gasteiger partial charge in [0.1, 0.15) is 5.82 Å². The number of rotatable bonds is 3. The van der Waals surface area contributed by atoms with E-state index in [2.05, 4.69) is 5.32 Å². The number of fused-ring (bicyclic) bond motifs is 1. The average molecular weight is 279 g/mol. The first-order chi connectivity index (χ1) is 9.12. The lowest BCUT2D eigenvalue weighted by Gasteiger charge is -2.40. The van der Waals surface area contributed by atoms with Crippen molar-refractivity contribution in [2.24, 2.45) is 0 Å². The summed E-state index contributed by atoms with van der Waals surface area (Å²) in [4.78, 5) is 12.7. The molecule has 5 heteroatoms. The number of amides is 1. The maximum absolute atomic E-state index is 13.1. The SMILES string of the molecule is O=C(NC1(CO)CCC1)c1cc2ccc(F)cc2s1. The molecule has 19 heavy (non-hydrogen) atoms. The number of carbonyl (C=O) groups is 1. The maximum atomic E-state index is 13.1. The summed E-state index contributed by atoms with van der Waals surface area (Å²) in [6.45, 7) is -0.0295. The predicted octanol–water partition coefficient (Wildman–Crippen LogP) is 2.69. The lowest BCUT2D eigenvalue weighted by atomic mass is 9.77. The first-order valence-electron chi connectivity index (χ1n) is 6.24. The number of nitrogens with one attached hydrogen (secondary N) is 1. The van der Waals surface area contributed by atoms with E-state index < -0.39 is 5.54 Å². The fourth-order valence-corrected chi connectivity index (χ4v) is 3.33. The molecule has 3 nitrogen and oxygen atoms in total. The minimum Gasteiger partial charge on any atom is -0.394 e. The number of aliphatic hydroxyl groups excluding tert-OH is 1. The van der Waals surface area contributed by atoms with E-state index in [1.54, 1.807) is 12.1 Å². The van der Waals surface area contributed by atoms with E-state index in [9.17, 15) is 14.3 Å². The first kappa shape index (κ1) is 12.6. The first-order valence-corrected chi connectivity index (χ1v) is 7.06. The molecular weight excluding hydrogens is 265 g/mol. The highest BCUT2D eigenvalue weighted by atomic mass is 32.1. The second-order valence-corrected chi connectivity index (χ2v) is 6.12. The summed E-state index contributed by atoms with van der Waals surface area (Å²) in [7, 11) is 0. The zero-order valence-corrected chi connectivity index (χ0v) is 11.1. The van der Waals surface area contributed by atoms with Crippen LogP contribution in [0.1, 0.15) is 28.9 Å². The van der Waals surface area contributed by atoms with Gasteiger partial charge in [0.05, 0.1) is 17.0 Å². The predicted molar refractivity (Wildman–Crippen MR) is 72.9 cm³/mol. The van der Waals surface area contributed by atoms with Gasteiger partial charge in [0.25, 0.3) is 5.91 Å². The van der Waals surface area contributed by atoms with Gasteiger partial charge >= 0.3 is 0 Å². The van der Waals surface area contributed by atoms with E-state index in [1.807, 2.05) is 0 Å². The summed E-state index contributed by atoms with van der Waals surface area (Å²) in [6.07, 6.45) is 2.65. The molecule has 100 valence electrons. The van der Waals surface area contributed by atoms with Gasteiger partial charge in [0, 0.05) is 4.70 Å². The van der Waals surface area contributed by atoms with E-state index >= 15 is 0 Å². The summed E-state index contributed by atoms with van der Waals surface area (Å²) >= 11 is 1.27. The molecule has 1 aliphatic rings. The molecule has 1 aliphatic carbocycles. The van der Waals surface area contributed by atoms with Crippen molar-refractivity contribution in [2.75, 3.05) is 6.61 Å². The molecule has 2 aromatic rings. The normalized spacial score (nSPS) is 17.2. The van der Waals surface area contributed by atoms with Gasteiger partial charge in [-0.1, -0.05) is 6.07 Å². The van der Waals surface area contributed by atoms with Crippen molar-refractivity contribution in [2.45, 2.75) is 24.8 Å². The Morgan fingerprint density at radius 2 is 2.21 bits per heavy atom. The van der Waals surface area contributed by atoms with E-state index in [1.165, 1.54) is 23.5 Å². The van der Waals surface area contributed by atoms with Crippen molar-refractivity contribution in [1.29, 1.82) is 0 Å². The Labute approximate surface area is 114 Å². The lowest BCUT2D eigenvalue weighted by Crippen LogP contribution is -2.56. The summed E-state index contributed by atoms with van der Waals surface area (Å²) in [5, 5.41) is 13.1. The Morgan fingerprint density at radius 3 is 2.84 bits per heavy atom. The number of hydrogen-bond donors (Lipinski definition) is 2. The van der Waals surface area contributed by atoms with Crippen molar-refractivity contribution >= 4 is 27.3 Å². The van der Waals surface area contributed by atoms with Crippen LogP contribution in [0.25, 0.3) is 10.1 Å². The molecule has 1 aromatic heterocycles. The molecule has 0 bridgehead atoms. The summed E-state index contributed by atoms with van der Waals surface area (Å²) in [6, 6.07) is 6.25. The number of aliphatic hydroxyl groups is 1. The molecule has 1 saturated carbocycles. The molecule has 1 amide bonds. The third kappa shape index (κ3) is 2.24. The van der Waals surface area contributed by atoms with Crippen LogP contribution in [0.15, 0.2) is 24.3 Å². The Bertz CT molecular complexity index is 628. The molecule has 2 N–H and O–H groups in total. The van der Waals surface area contributed by atoms with Crippen molar-refractivity contribution in [1.82, 2.24) is 5.32 Å². The molecule has 1 heterocycles. The molecule has 1 fully saturated rings. The molecule has 0 radical (unpaired) electrons. The fraction of sp³-hybridized carbons (Fsp3) is 0.357. The van der Waals surface area contributed by atoms with Crippen molar-refractivity contribution in [3.63, 3.8) is 0 Å². The van der Waals surface area contributed by atoms with Crippen LogP contribution in [0.5, 0.6) is 0 Å². The van der Waals surface area contributed by atoms with Crippen molar-refractivity contribution < 1.29 is 14.3 Å². The van der Waals surface area contributed by atoms with E-state index in [4.69, 9.17) is 0 Å². The van der Waals surface area contributed by atoms with Crippen LogP contribution in [0.3, 0.4) is 0 Å². The second-order valence-electron chi connectivity index (χ2n) is 5.04. The Kier molecular flexibility index (Phi) is 3.03. The topological polar surface area (TPSA) is 49.3 Å². The smallest absolute Gasteiger partial charge is 0.261 e. The number of benzene rings is 1. The van der Waals surface area contributed by atoms with Gasteiger partial charge in [-0.2, -0.15) is 0 Å². The molecule has 0 saturated heterocycles. The number of thiophene rings is 1. The van der Waals surface area contributed by atoms with Crippen molar-refractivity contribution in [3.8, 4) is 0 Å². The van der Waals surface area contributed by atoms with Crippen molar-refractivity contribution in [3.05, 3.63) is 35.0 Å². The summed E-state index contributed by atoms with van der Waals surface area (Å²) < 4.78 is 13.9. The highest BCUT2D eigenvalue weighted by Gasteiger charge is 2.38. The molecule has 0 spiro atoms. The van der Waals surface area contributed by atoms with Gasteiger partial charge in [-0.15, -0.1) is 11.3 Å². The third-order valence-corrected chi connectivity index (χ3v) is 4.79. The Balaban J connectivity index is 1.85. The Hall–Kier alpha value is -1.46. The Morgan fingerprint density at radius 1 is 1.42 bits per heavy atom.